The highest BCUT2D eigenvalue weighted by Crippen LogP contribution is 2.31. The molecule has 0 radical (unpaired) electrons. The second kappa shape index (κ2) is 14.8. The molecule has 0 unspecified atom stereocenters. The molecular formula is C34H64N4O4. The number of amides is 1. The summed E-state index contributed by atoms with van der Waals surface area (Å²) in [5, 5.41) is 11.6. The number of nitrogens with one attached hydrogen (secondary N) is 1. The van der Waals surface area contributed by atoms with E-state index in [1.54, 1.807) is 4.68 Å². The van der Waals surface area contributed by atoms with Crippen molar-refractivity contribution in [3.8, 4) is 0 Å². The van der Waals surface area contributed by atoms with Crippen LogP contribution in [0.5, 0.6) is 0 Å². The maximum atomic E-state index is 12.8. The summed E-state index contributed by atoms with van der Waals surface area (Å²) in [7, 11) is 0. The van der Waals surface area contributed by atoms with Crippen LogP contribution in [0.1, 0.15) is 135 Å². The first-order chi connectivity index (χ1) is 18.8. The smallest absolute Gasteiger partial charge is 0.220 e. The Labute approximate surface area is 257 Å². The third-order valence-corrected chi connectivity index (χ3v) is 7.58. The SMILES string of the molecule is CC(C)(C)CCCC(C)(C)OCC(C)(C)CNC(=O)CCc1cn(CCC(C)(C)OCC(C)(C)C(=O)C(C)(C)C)nn1. The maximum Gasteiger partial charge on any atom is 0.220 e. The molecule has 0 aromatic carbocycles. The predicted octanol–water partition coefficient (Wildman–Crippen LogP) is 7.19. The van der Waals surface area contributed by atoms with Gasteiger partial charge < -0.3 is 14.8 Å². The van der Waals surface area contributed by atoms with Crippen molar-refractivity contribution in [2.24, 2.45) is 21.7 Å². The first kappa shape index (κ1) is 38.2. The van der Waals surface area contributed by atoms with Gasteiger partial charge in [-0.25, -0.2) is 0 Å². The van der Waals surface area contributed by atoms with Crippen LogP contribution in [-0.4, -0.2) is 57.6 Å². The van der Waals surface area contributed by atoms with Gasteiger partial charge in [0.2, 0.25) is 5.91 Å². The van der Waals surface area contributed by atoms with Crippen molar-refractivity contribution in [2.75, 3.05) is 19.8 Å². The monoisotopic (exact) mass is 592 g/mol. The van der Waals surface area contributed by atoms with Crippen LogP contribution < -0.4 is 5.32 Å². The summed E-state index contributed by atoms with van der Waals surface area (Å²) in [6.45, 7) is 31.3. The lowest BCUT2D eigenvalue weighted by Crippen LogP contribution is -2.41. The van der Waals surface area contributed by atoms with Crippen LogP contribution in [-0.2, 0) is 32.0 Å². The Kier molecular flexibility index (Phi) is 13.5. The molecule has 8 nitrogen and oxygen atoms in total. The van der Waals surface area contributed by atoms with Gasteiger partial charge in [-0.2, -0.15) is 0 Å². The lowest BCUT2D eigenvalue weighted by Gasteiger charge is -2.34. The molecule has 0 atom stereocenters. The molecule has 1 aromatic heterocycles. The molecule has 0 saturated heterocycles. The van der Waals surface area contributed by atoms with Crippen molar-refractivity contribution in [2.45, 2.75) is 153 Å². The number of carbonyl (C=O) groups excluding carboxylic acids is 2. The number of rotatable bonds is 18. The minimum absolute atomic E-state index is 0.00372. The largest absolute Gasteiger partial charge is 0.375 e. The van der Waals surface area contributed by atoms with Crippen molar-refractivity contribution >= 4 is 11.7 Å². The van der Waals surface area contributed by atoms with Crippen LogP contribution in [0.3, 0.4) is 0 Å². The topological polar surface area (TPSA) is 95.3 Å². The minimum Gasteiger partial charge on any atom is -0.375 e. The Bertz CT molecular complexity index is 994. The summed E-state index contributed by atoms with van der Waals surface area (Å²) < 4.78 is 14.3. The predicted molar refractivity (Wildman–Crippen MR) is 171 cm³/mol. The van der Waals surface area contributed by atoms with E-state index in [9.17, 15) is 9.59 Å². The summed E-state index contributed by atoms with van der Waals surface area (Å²) >= 11 is 0. The van der Waals surface area contributed by atoms with Gasteiger partial charge in [-0.1, -0.05) is 80.9 Å². The third-order valence-electron chi connectivity index (χ3n) is 7.58. The highest BCUT2D eigenvalue weighted by atomic mass is 16.5. The summed E-state index contributed by atoms with van der Waals surface area (Å²) in [6, 6.07) is 0. The molecule has 244 valence electrons. The van der Waals surface area contributed by atoms with Crippen molar-refractivity contribution in [1.29, 1.82) is 0 Å². The number of nitrogens with zero attached hydrogens (tertiary/aromatic N) is 3. The number of ketones is 1. The average molecular weight is 593 g/mol. The van der Waals surface area contributed by atoms with Crippen LogP contribution in [0.15, 0.2) is 6.20 Å². The lowest BCUT2D eigenvalue weighted by molar-refractivity contribution is -0.142. The van der Waals surface area contributed by atoms with E-state index in [2.05, 4.69) is 64.1 Å². The molecule has 0 aliphatic heterocycles. The van der Waals surface area contributed by atoms with E-state index in [1.807, 2.05) is 54.7 Å². The van der Waals surface area contributed by atoms with Gasteiger partial charge in [0.05, 0.1) is 30.1 Å². The molecule has 1 aromatic rings. The molecule has 0 fully saturated rings. The lowest BCUT2D eigenvalue weighted by atomic mass is 9.75. The van der Waals surface area contributed by atoms with Crippen LogP contribution >= 0.6 is 0 Å². The normalized spacial score (nSPS) is 13.9. The summed E-state index contributed by atoms with van der Waals surface area (Å²) in [5.74, 6) is 0.197. The van der Waals surface area contributed by atoms with Crippen LogP contribution in [0.4, 0.5) is 0 Å². The number of carbonyl (C=O) groups is 2. The van der Waals surface area contributed by atoms with Crippen LogP contribution in [0.2, 0.25) is 0 Å². The van der Waals surface area contributed by atoms with Gasteiger partial charge in [-0.05, 0) is 52.4 Å². The number of Topliss-reactive ketones (excluding diaryl/α,β-unsaturated/α-hetero) is 1. The van der Waals surface area contributed by atoms with Gasteiger partial charge in [0.25, 0.3) is 0 Å². The third kappa shape index (κ3) is 15.6. The quantitative estimate of drug-likeness (QED) is 0.194. The Morgan fingerprint density at radius 3 is 1.95 bits per heavy atom. The highest BCUT2D eigenvalue weighted by Gasteiger charge is 2.37. The van der Waals surface area contributed by atoms with Gasteiger partial charge >= 0.3 is 0 Å². The zero-order chi connectivity index (χ0) is 32.6. The van der Waals surface area contributed by atoms with Crippen molar-refractivity contribution < 1.29 is 19.1 Å². The summed E-state index contributed by atoms with van der Waals surface area (Å²) in [5.41, 5.74) is -0.585. The molecule has 0 aliphatic carbocycles. The molecule has 1 rings (SSSR count). The van der Waals surface area contributed by atoms with E-state index in [-0.39, 0.29) is 22.7 Å². The van der Waals surface area contributed by atoms with E-state index >= 15 is 0 Å². The number of hydrogen-bond donors (Lipinski definition) is 1. The minimum atomic E-state index is -0.554. The molecular weight excluding hydrogens is 528 g/mol. The molecule has 1 heterocycles. The van der Waals surface area contributed by atoms with Crippen molar-refractivity contribution in [1.82, 2.24) is 20.3 Å². The highest BCUT2D eigenvalue weighted by molar-refractivity contribution is 5.88. The maximum absolute atomic E-state index is 12.8. The van der Waals surface area contributed by atoms with E-state index in [0.29, 0.717) is 44.6 Å². The molecule has 8 heteroatoms. The fourth-order valence-electron chi connectivity index (χ4n) is 4.70. The van der Waals surface area contributed by atoms with Gasteiger partial charge in [0.15, 0.2) is 0 Å². The van der Waals surface area contributed by atoms with E-state index in [0.717, 1.165) is 25.0 Å². The number of aryl methyl sites for hydroxylation is 2. The number of aromatic nitrogens is 3. The van der Waals surface area contributed by atoms with Crippen molar-refractivity contribution in [3.05, 3.63) is 11.9 Å². The van der Waals surface area contributed by atoms with Gasteiger partial charge in [-0.3, -0.25) is 14.3 Å². The Morgan fingerprint density at radius 1 is 0.810 bits per heavy atom. The summed E-state index contributed by atoms with van der Waals surface area (Å²) in [4.78, 5) is 25.3. The zero-order valence-electron chi connectivity index (χ0n) is 29.6. The fraction of sp³-hybridized carbons (Fsp3) is 0.882. The number of ether oxygens (including phenoxy) is 2. The van der Waals surface area contributed by atoms with Crippen LogP contribution in [0.25, 0.3) is 0 Å². The van der Waals surface area contributed by atoms with E-state index in [4.69, 9.17) is 9.47 Å². The fourth-order valence-corrected chi connectivity index (χ4v) is 4.70. The Balaban J connectivity index is 2.43. The molecule has 1 N–H and O–H groups in total. The standard InChI is InChI=1S/C34H64N4O4/c1-29(2,3)18-15-19-33(11,12)41-24-31(7,8)23-35-27(39)17-16-26-22-38(37-36-26)21-20-34(13,14)42-25-32(9,10)28(40)30(4,5)6/h22H,15-21,23-25H2,1-14H3,(H,35,39). The first-order valence-corrected chi connectivity index (χ1v) is 15.8. The first-order valence-electron chi connectivity index (χ1n) is 15.8. The van der Waals surface area contributed by atoms with Gasteiger partial charge in [-0.15, -0.1) is 5.10 Å². The van der Waals surface area contributed by atoms with Crippen molar-refractivity contribution in [3.63, 3.8) is 0 Å². The molecule has 0 saturated carbocycles. The van der Waals surface area contributed by atoms with Gasteiger partial charge in [0, 0.05) is 48.4 Å². The zero-order valence-corrected chi connectivity index (χ0v) is 29.6. The molecule has 1 amide bonds. The number of hydrogen-bond acceptors (Lipinski definition) is 6. The Morgan fingerprint density at radius 2 is 1.38 bits per heavy atom. The van der Waals surface area contributed by atoms with E-state index < -0.39 is 16.4 Å². The molecule has 0 aliphatic rings. The molecule has 0 bridgehead atoms. The van der Waals surface area contributed by atoms with Gasteiger partial charge in [0.1, 0.15) is 5.78 Å². The van der Waals surface area contributed by atoms with E-state index in [1.165, 1.54) is 6.42 Å². The van der Waals surface area contributed by atoms with Crippen LogP contribution in [0, 0.1) is 21.7 Å². The average Bonchev–Trinajstić information content (AvgIpc) is 3.29. The molecule has 0 spiro atoms. The second-order valence-electron chi connectivity index (χ2n) is 17.1. The molecule has 42 heavy (non-hydrogen) atoms. The summed E-state index contributed by atoms with van der Waals surface area (Å²) in [6.07, 6.45) is 6.86. The Hall–Kier alpha value is -1.80. The second-order valence-corrected chi connectivity index (χ2v) is 17.1.